The van der Waals surface area contributed by atoms with Gasteiger partial charge in [-0.15, -0.1) is 0 Å². The summed E-state index contributed by atoms with van der Waals surface area (Å²) in [6, 6.07) is 7.25. The Hall–Kier alpha value is -1.32. The molecule has 0 amide bonds. The van der Waals surface area contributed by atoms with Crippen LogP contribution in [0.5, 0.6) is 0 Å². The Balaban J connectivity index is 2.48. The van der Waals surface area contributed by atoms with Gasteiger partial charge in [0.05, 0.1) is 6.42 Å². The van der Waals surface area contributed by atoms with Crippen LogP contribution in [0.4, 0.5) is 0 Å². The number of benzene rings is 1. The minimum absolute atomic E-state index is 0.0162. The molecule has 0 aliphatic carbocycles. The molecule has 0 saturated heterocycles. The van der Waals surface area contributed by atoms with E-state index in [2.05, 4.69) is 0 Å². The molecule has 0 saturated carbocycles. The minimum atomic E-state index is -0.834. The van der Waals surface area contributed by atoms with Gasteiger partial charge in [-0.3, -0.25) is 4.79 Å². The summed E-state index contributed by atoms with van der Waals surface area (Å²) in [5.41, 5.74) is 2.70. The third-order valence-corrected chi connectivity index (χ3v) is 3.16. The fourth-order valence-corrected chi connectivity index (χ4v) is 2.38. The van der Waals surface area contributed by atoms with E-state index in [1.807, 2.05) is 22.9 Å². The molecule has 0 atom stereocenters. The van der Waals surface area contributed by atoms with E-state index in [0.29, 0.717) is 5.02 Å². The van der Waals surface area contributed by atoms with Gasteiger partial charge in [0.15, 0.2) is 0 Å². The van der Waals surface area contributed by atoms with Gasteiger partial charge in [0.2, 0.25) is 0 Å². The number of rotatable bonds is 3. The standard InChI is InChI=1S/C12H9ClO2S/c13-10-2-1-8(5-12(14)15)11(6-10)9-3-4-16-7-9/h1-4,6-7H,5H2,(H,14,15). The first kappa shape index (κ1) is 11.2. The van der Waals surface area contributed by atoms with Crippen molar-refractivity contribution in [3.05, 3.63) is 45.6 Å². The zero-order valence-corrected chi connectivity index (χ0v) is 9.89. The van der Waals surface area contributed by atoms with Gasteiger partial charge in [-0.1, -0.05) is 17.7 Å². The zero-order valence-electron chi connectivity index (χ0n) is 8.31. The SMILES string of the molecule is O=C(O)Cc1ccc(Cl)cc1-c1ccsc1. The largest absolute Gasteiger partial charge is 0.481 e. The van der Waals surface area contributed by atoms with Crippen LogP contribution < -0.4 is 0 Å². The Labute approximate surface area is 102 Å². The van der Waals surface area contributed by atoms with Crippen LogP contribution in [0.15, 0.2) is 35.0 Å². The molecule has 2 nitrogen and oxygen atoms in total. The number of carboxylic acids is 1. The van der Waals surface area contributed by atoms with E-state index >= 15 is 0 Å². The van der Waals surface area contributed by atoms with Crippen LogP contribution in [0.2, 0.25) is 5.02 Å². The lowest BCUT2D eigenvalue weighted by Crippen LogP contribution is -2.01. The van der Waals surface area contributed by atoms with Crippen molar-refractivity contribution < 1.29 is 9.90 Å². The maximum atomic E-state index is 10.7. The summed E-state index contributed by atoms with van der Waals surface area (Å²) in [5.74, 6) is -0.834. The predicted molar refractivity (Wildman–Crippen MR) is 66.1 cm³/mol. The van der Waals surface area contributed by atoms with E-state index in [1.165, 1.54) is 0 Å². The third kappa shape index (κ3) is 2.43. The number of carbonyl (C=O) groups is 1. The molecule has 0 unspecified atom stereocenters. The highest BCUT2D eigenvalue weighted by Crippen LogP contribution is 2.29. The molecule has 0 bridgehead atoms. The quantitative estimate of drug-likeness (QED) is 0.905. The first-order valence-electron chi connectivity index (χ1n) is 4.69. The number of hydrogen-bond donors (Lipinski definition) is 1. The third-order valence-electron chi connectivity index (χ3n) is 2.25. The second-order valence-electron chi connectivity index (χ2n) is 3.38. The van der Waals surface area contributed by atoms with Crippen molar-refractivity contribution in [2.45, 2.75) is 6.42 Å². The van der Waals surface area contributed by atoms with Crippen molar-refractivity contribution in [2.75, 3.05) is 0 Å². The van der Waals surface area contributed by atoms with Gasteiger partial charge in [0.25, 0.3) is 0 Å². The van der Waals surface area contributed by atoms with E-state index < -0.39 is 5.97 Å². The van der Waals surface area contributed by atoms with Gasteiger partial charge in [0.1, 0.15) is 0 Å². The molecule has 0 fully saturated rings. The molecule has 1 N–H and O–H groups in total. The summed E-state index contributed by atoms with van der Waals surface area (Å²) in [5, 5.41) is 13.4. The molecule has 2 aromatic rings. The van der Waals surface area contributed by atoms with Crippen LogP contribution in [0.25, 0.3) is 11.1 Å². The summed E-state index contributed by atoms with van der Waals surface area (Å²) in [4.78, 5) is 10.7. The van der Waals surface area contributed by atoms with Crippen molar-refractivity contribution in [1.29, 1.82) is 0 Å². The number of halogens is 1. The molecule has 0 aliphatic heterocycles. The molecule has 82 valence electrons. The highest BCUT2D eigenvalue weighted by atomic mass is 35.5. The molecule has 0 spiro atoms. The predicted octanol–water partition coefficient (Wildman–Crippen LogP) is 3.70. The van der Waals surface area contributed by atoms with Crippen molar-refractivity contribution in [3.63, 3.8) is 0 Å². The van der Waals surface area contributed by atoms with Crippen LogP contribution in [0.3, 0.4) is 0 Å². The molecule has 1 aromatic carbocycles. The Kier molecular flexibility index (Phi) is 3.27. The first-order chi connectivity index (χ1) is 7.66. The zero-order chi connectivity index (χ0) is 11.5. The Morgan fingerprint density at radius 1 is 1.38 bits per heavy atom. The van der Waals surface area contributed by atoms with Crippen molar-refractivity contribution in [2.24, 2.45) is 0 Å². The number of thiophene rings is 1. The maximum Gasteiger partial charge on any atom is 0.307 e. The van der Waals surface area contributed by atoms with E-state index in [-0.39, 0.29) is 6.42 Å². The summed E-state index contributed by atoms with van der Waals surface area (Å²) in [6.45, 7) is 0. The average Bonchev–Trinajstić information content (AvgIpc) is 2.73. The Bertz CT molecular complexity index is 506. The highest BCUT2D eigenvalue weighted by molar-refractivity contribution is 7.08. The molecule has 1 aromatic heterocycles. The lowest BCUT2D eigenvalue weighted by Gasteiger charge is -2.06. The van der Waals surface area contributed by atoms with Crippen molar-refractivity contribution >= 4 is 28.9 Å². The number of carboxylic acid groups (broad SMARTS) is 1. The molecule has 1 heterocycles. The first-order valence-corrected chi connectivity index (χ1v) is 6.01. The summed E-state index contributed by atoms with van der Waals surface area (Å²) in [7, 11) is 0. The molecule has 16 heavy (non-hydrogen) atoms. The van der Waals surface area contributed by atoms with Gasteiger partial charge in [-0.2, -0.15) is 11.3 Å². The molecule has 4 heteroatoms. The van der Waals surface area contributed by atoms with Crippen LogP contribution in [-0.2, 0) is 11.2 Å². The van der Waals surface area contributed by atoms with E-state index in [9.17, 15) is 4.79 Å². The minimum Gasteiger partial charge on any atom is -0.481 e. The van der Waals surface area contributed by atoms with Crippen LogP contribution >= 0.6 is 22.9 Å². The summed E-state index contributed by atoms with van der Waals surface area (Å²) >= 11 is 7.50. The lowest BCUT2D eigenvalue weighted by atomic mass is 10.00. The van der Waals surface area contributed by atoms with Gasteiger partial charge < -0.3 is 5.11 Å². The monoisotopic (exact) mass is 252 g/mol. The van der Waals surface area contributed by atoms with E-state index in [4.69, 9.17) is 16.7 Å². The van der Waals surface area contributed by atoms with Gasteiger partial charge in [-0.25, -0.2) is 0 Å². The second-order valence-corrected chi connectivity index (χ2v) is 4.60. The van der Waals surface area contributed by atoms with Crippen LogP contribution in [0, 0.1) is 0 Å². The van der Waals surface area contributed by atoms with Gasteiger partial charge >= 0.3 is 5.97 Å². The number of aliphatic carboxylic acids is 1. The summed E-state index contributed by atoms with van der Waals surface area (Å²) < 4.78 is 0. The molecule has 0 radical (unpaired) electrons. The summed E-state index contributed by atoms with van der Waals surface area (Å²) in [6.07, 6.45) is 0.0162. The molecular formula is C12H9ClO2S. The second kappa shape index (κ2) is 4.68. The topological polar surface area (TPSA) is 37.3 Å². The average molecular weight is 253 g/mol. The molecule has 2 rings (SSSR count). The smallest absolute Gasteiger partial charge is 0.307 e. The maximum absolute atomic E-state index is 10.7. The molecule has 0 aliphatic rings. The normalized spacial score (nSPS) is 10.3. The Morgan fingerprint density at radius 3 is 2.81 bits per heavy atom. The Morgan fingerprint density at radius 2 is 2.19 bits per heavy atom. The highest BCUT2D eigenvalue weighted by Gasteiger charge is 2.09. The van der Waals surface area contributed by atoms with E-state index in [0.717, 1.165) is 16.7 Å². The van der Waals surface area contributed by atoms with Gasteiger partial charge in [-0.05, 0) is 45.6 Å². The van der Waals surface area contributed by atoms with Crippen molar-refractivity contribution in [3.8, 4) is 11.1 Å². The van der Waals surface area contributed by atoms with Crippen molar-refractivity contribution in [1.82, 2.24) is 0 Å². The fraction of sp³-hybridized carbons (Fsp3) is 0.0833. The van der Waals surface area contributed by atoms with E-state index in [1.54, 1.807) is 23.5 Å². The number of hydrogen-bond acceptors (Lipinski definition) is 2. The van der Waals surface area contributed by atoms with Crippen LogP contribution in [-0.4, -0.2) is 11.1 Å². The van der Waals surface area contributed by atoms with Crippen LogP contribution in [0.1, 0.15) is 5.56 Å². The fourth-order valence-electron chi connectivity index (χ4n) is 1.55. The lowest BCUT2D eigenvalue weighted by molar-refractivity contribution is -0.136. The van der Waals surface area contributed by atoms with Gasteiger partial charge in [0, 0.05) is 5.02 Å². The molecular weight excluding hydrogens is 244 g/mol.